The number of nitrogens with zero attached hydrogens (tertiary/aromatic N) is 1. The second-order valence-electron chi connectivity index (χ2n) is 7.43. The lowest BCUT2D eigenvalue weighted by Crippen LogP contribution is -2.63. The number of hydrogen-bond donors (Lipinski definition) is 1. The molecule has 26 heavy (non-hydrogen) atoms. The maximum Gasteiger partial charge on any atom is 0.254 e. The number of methoxy groups -OCH3 is 1. The van der Waals surface area contributed by atoms with E-state index in [0.29, 0.717) is 25.3 Å². The van der Waals surface area contributed by atoms with Gasteiger partial charge in [-0.3, -0.25) is 9.59 Å². The van der Waals surface area contributed by atoms with Crippen molar-refractivity contribution in [1.29, 1.82) is 0 Å². The van der Waals surface area contributed by atoms with E-state index in [4.69, 9.17) is 4.74 Å². The summed E-state index contributed by atoms with van der Waals surface area (Å²) in [6, 6.07) is 7.64. The Morgan fingerprint density at radius 3 is 2.69 bits per heavy atom. The minimum Gasteiger partial charge on any atom is -0.383 e. The molecule has 1 N–H and O–H groups in total. The van der Waals surface area contributed by atoms with Crippen molar-refractivity contribution in [2.45, 2.75) is 56.9 Å². The van der Waals surface area contributed by atoms with Gasteiger partial charge in [0.2, 0.25) is 5.91 Å². The molecule has 3 rings (SSSR count). The fraction of sp³-hybridized carbons (Fsp3) is 0.619. The van der Waals surface area contributed by atoms with Crippen LogP contribution in [-0.2, 0) is 9.53 Å². The van der Waals surface area contributed by atoms with E-state index in [0.717, 1.165) is 37.7 Å². The zero-order valence-electron chi connectivity index (χ0n) is 15.9. The summed E-state index contributed by atoms with van der Waals surface area (Å²) in [5.74, 6) is -0.213. The van der Waals surface area contributed by atoms with Gasteiger partial charge in [0.1, 0.15) is 0 Å². The number of benzene rings is 1. The lowest BCUT2D eigenvalue weighted by molar-refractivity contribution is -0.127. The molecule has 5 heteroatoms. The van der Waals surface area contributed by atoms with E-state index in [1.165, 1.54) is 6.42 Å². The van der Waals surface area contributed by atoms with Crippen LogP contribution in [0.2, 0.25) is 0 Å². The highest BCUT2D eigenvalue weighted by molar-refractivity contribution is 6.02. The molecule has 142 valence electrons. The Morgan fingerprint density at radius 1 is 1.27 bits per heavy atom. The number of ether oxygens (including phenoxy) is 1. The maximum absolute atomic E-state index is 13.3. The summed E-state index contributed by atoms with van der Waals surface area (Å²) in [6.45, 7) is 3.74. The Bertz CT molecular complexity index is 652. The smallest absolute Gasteiger partial charge is 0.254 e. The molecule has 1 fully saturated rings. The zero-order chi connectivity index (χ0) is 18.6. The van der Waals surface area contributed by atoms with Crippen molar-refractivity contribution in [3.05, 3.63) is 35.4 Å². The summed E-state index contributed by atoms with van der Waals surface area (Å²) in [5.41, 5.74) is 1.12. The molecule has 0 unspecified atom stereocenters. The van der Waals surface area contributed by atoms with Crippen molar-refractivity contribution in [3.8, 4) is 0 Å². The highest BCUT2D eigenvalue weighted by Crippen LogP contribution is 2.49. The van der Waals surface area contributed by atoms with Gasteiger partial charge in [-0.1, -0.05) is 44.4 Å². The average molecular weight is 358 g/mol. The molecule has 2 amide bonds. The van der Waals surface area contributed by atoms with Crippen molar-refractivity contribution >= 4 is 11.8 Å². The SMILES string of the molecule is CCCNC(=O)[C@@H]1c2ccccc2C(=O)N(CCOC)C12CCCCC2. The molecule has 1 aliphatic heterocycles. The third kappa shape index (κ3) is 3.25. The fourth-order valence-electron chi connectivity index (χ4n) is 4.70. The van der Waals surface area contributed by atoms with Gasteiger partial charge in [-0.2, -0.15) is 0 Å². The maximum atomic E-state index is 13.3. The van der Waals surface area contributed by atoms with E-state index in [9.17, 15) is 9.59 Å². The monoisotopic (exact) mass is 358 g/mol. The molecule has 0 saturated heterocycles. The number of carbonyl (C=O) groups is 2. The number of nitrogens with one attached hydrogen (secondary N) is 1. The van der Waals surface area contributed by atoms with Gasteiger partial charge in [-0.05, 0) is 30.9 Å². The highest BCUT2D eigenvalue weighted by Gasteiger charge is 2.54. The average Bonchev–Trinajstić information content (AvgIpc) is 2.67. The highest BCUT2D eigenvalue weighted by atomic mass is 16.5. The van der Waals surface area contributed by atoms with Gasteiger partial charge < -0.3 is 15.0 Å². The van der Waals surface area contributed by atoms with Crippen molar-refractivity contribution < 1.29 is 14.3 Å². The zero-order valence-corrected chi connectivity index (χ0v) is 15.9. The van der Waals surface area contributed by atoms with E-state index in [1.54, 1.807) is 7.11 Å². The first-order valence-electron chi connectivity index (χ1n) is 9.83. The Balaban J connectivity index is 2.10. The van der Waals surface area contributed by atoms with Gasteiger partial charge in [0.15, 0.2) is 0 Å². The Labute approximate surface area is 156 Å². The van der Waals surface area contributed by atoms with Crippen LogP contribution < -0.4 is 5.32 Å². The second kappa shape index (κ2) is 8.21. The quantitative estimate of drug-likeness (QED) is 0.850. The van der Waals surface area contributed by atoms with Crippen molar-refractivity contribution in [2.75, 3.05) is 26.8 Å². The number of carbonyl (C=O) groups excluding carboxylic acids is 2. The van der Waals surface area contributed by atoms with Crippen LogP contribution in [0.25, 0.3) is 0 Å². The fourth-order valence-corrected chi connectivity index (χ4v) is 4.70. The van der Waals surface area contributed by atoms with Crippen LogP contribution in [0.1, 0.15) is 67.3 Å². The first-order valence-corrected chi connectivity index (χ1v) is 9.83. The molecule has 1 spiro atoms. The van der Waals surface area contributed by atoms with E-state index in [2.05, 4.69) is 12.2 Å². The number of hydrogen-bond acceptors (Lipinski definition) is 3. The van der Waals surface area contributed by atoms with Crippen LogP contribution in [0.5, 0.6) is 0 Å². The molecule has 5 nitrogen and oxygen atoms in total. The molecule has 1 aromatic carbocycles. The topological polar surface area (TPSA) is 58.6 Å². The molecule has 1 heterocycles. The van der Waals surface area contributed by atoms with Gasteiger partial charge >= 0.3 is 0 Å². The van der Waals surface area contributed by atoms with Crippen molar-refractivity contribution in [1.82, 2.24) is 10.2 Å². The summed E-state index contributed by atoms with van der Waals surface area (Å²) < 4.78 is 5.28. The minimum absolute atomic E-state index is 0.0408. The molecule has 1 aliphatic carbocycles. The van der Waals surface area contributed by atoms with Crippen LogP contribution in [-0.4, -0.2) is 49.1 Å². The summed E-state index contributed by atoms with van der Waals surface area (Å²) in [7, 11) is 1.65. The predicted molar refractivity (Wildman–Crippen MR) is 101 cm³/mol. The van der Waals surface area contributed by atoms with Gasteiger partial charge in [0.25, 0.3) is 5.91 Å². The Hall–Kier alpha value is -1.88. The summed E-state index contributed by atoms with van der Waals surface area (Å²) in [6.07, 6.45) is 5.92. The predicted octanol–water partition coefficient (Wildman–Crippen LogP) is 3.10. The van der Waals surface area contributed by atoms with Crippen LogP contribution in [0.3, 0.4) is 0 Å². The van der Waals surface area contributed by atoms with Crippen LogP contribution in [0.15, 0.2) is 24.3 Å². The molecule has 0 aromatic heterocycles. The lowest BCUT2D eigenvalue weighted by Gasteiger charge is -2.53. The van der Waals surface area contributed by atoms with E-state index in [-0.39, 0.29) is 17.7 Å². The number of amides is 2. The van der Waals surface area contributed by atoms with Crippen molar-refractivity contribution in [3.63, 3.8) is 0 Å². The summed E-state index contributed by atoms with van der Waals surface area (Å²) in [5, 5.41) is 3.10. The van der Waals surface area contributed by atoms with Crippen LogP contribution >= 0.6 is 0 Å². The molecule has 1 saturated carbocycles. The lowest BCUT2D eigenvalue weighted by atomic mass is 9.65. The normalized spacial score (nSPS) is 21.5. The van der Waals surface area contributed by atoms with Gasteiger partial charge in [-0.25, -0.2) is 0 Å². The molecule has 1 atom stereocenters. The van der Waals surface area contributed by atoms with Crippen LogP contribution in [0, 0.1) is 0 Å². The first-order chi connectivity index (χ1) is 12.7. The van der Waals surface area contributed by atoms with Crippen molar-refractivity contribution in [2.24, 2.45) is 0 Å². The van der Waals surface area contributed by atoms with E-state index >= 15 is 0 Å². The second-order valence-corrected chi connectivity index (χ2v) is 7.43. The van der Waals surface area contributed by atoms with Gasteiger partial charge in [-0.15, -0.1) is 0 Å². The number of rotatable bonds is 6. The standard InChI is InChI=1S/C21H30N2O3/c1-3-13-22-19(24)18-16-9-5-6-10-17(16)20(25)23(14-15-26-2)21(18)11-7-4-8-12-21/h5-6,9-10,18H,3-4,7-8,11-15H2,1-2H3,(H,22,24)/t18-/m0/s1. The third-order valence-electron chi connectivity index (χ3n) is 5.87. The Morgan fingerprint density at radius 2 is 2.00 bits per heavy atom. The molecule has 2 aliphatic rings. The van der Waals surface area contributed by atoms with Gasteiger partial charge in [0, 0.05) is 25.8 Å². The van der Waals surface area contributed by atoms with E-state index < -0.39 is 5.54 Å². The first kappa shape index (κ1) is 18.9. The summed E-state index contributed by atoms with van der Waals surface area (Å²) in [4.78, 5) is 28.5. The van der Waals surface area contributed by atoms with E-state index in [1.807, 2.05) is 29.2 Å². The summed E-state index contributed by atoms with van der Waals surface area (Å²) >= 11 is 0. The van der Waals surface area contributed by atoms with Gasteiger partial charge in [0.05, 0.1) is 18.1 Å². The molecular formula is C21H30N2O3. The molecular weight excluding hydrogens is 328 g/mol. The third-order valence-corrected chi connectivity index (χ3v) is 5.87. The molecule has 0 radical (unpaired) electrons. The minimum atomic E-state index is -0.431. The van der Waals surface area contributed by atoms with Crippen LogP contribution in [0.4, 0.5) is 0 Å². The number of fused-ring (bicyclic) bond motifs is 1. The largest absolute Gasteiger partial charge is 0.383 e. The molecule has 1 aromatic rings. The Kier molecular flexibility index (Phi) is 5.97. The molecule has 0 bridgehead atoms.